The Morgan fingerprint density at radius 1 is 1.44 bits per heavy atom. The monoisotopic (exact) mass is 242 g/mol. The topological polar surface area (TPSA) is 35.5 Å². The van der Waals surface area contributed by atoms with Crippen LogP contribution in [0.1, 0.15) is 24.2 Å². The van der Waals surface area contributed by atoms with Gasteiger partial charge in [0.2, 0.25) is 0 Å². The Morgan fingerprint density at radius 3 is 2.69 bits per heavy atom. The number of rotatable bonds is 4. The number of carbonyl (C=O) groups is 1. The first-order valence-electron chi connectivity index (χ1n) is 5.05. The second-order valence-electron chi connectivity index (χ2n) is 3.84. The third-order valence-corrected chi connectivity index (χ3v) is 2.24. The average Bonchev–Trinajstić information content (AvgIpc) is 2.26. The summed E-state index contributed by atoms with van der Waals surface area (Å²) < 4.78 is 10.1. The third-order valence-electron chi connectivity index (χ3n) is 1.92. The van der Waals surface area contributed by atoms with E-state index in [4.69, 9.17) is 16.3 Å². The summed E-state index contributed by atoms with van der Waals surface area (Å²) in [5.41, 5.74) is 0.436. The van der Waals surface area contributed by atoms with Crippen molar-refractivity contribution in [2.24, 2.45) is 5.92 Å². The smallest absolute Gasteiger partial charge is 0.337 e. The molecule has 0 bridgehead atoms. The molecule has 0 atom stereocenters. The number of esters is 1. The Bertz CT molecular complexity index is 375. The van der Waals surface area contributed by atoms with Crippen LogP contribution in [0.2, 0.25) is 5.02 Å². The van der Waals surface area contributed by atoms with Crippen LogP contribution in [0.4, 0.5) is 0 Å². The molecule has 0 N–H and O–H groups in total. The second-order valence-corrected chi connectivity index (χ2v) is 4.25. The van der Waals surface area contributed by atoms with E-state index in [1.807, 2.05) is 13.8 Å². The number of halogens is 1. The number of benzene rings is 1. The lowest BCUT2D eigenvalue weighted by Gasteiger charge is -2.11. The maximum absolute atomic E-state index is 11.3. The lowest BCUT2D eigenvalue weighted by Crippen LogP contribution is -2.06. The van der Waals surface area contributed by atoms with Crippen molar-refractivity contribution in [3.8, 4) is 5.75 Å². The molecule has 4 heteroatoms. The van der Waals surface area contributed by atoms with Gasteiger partial charge >= 0.3 is 5.97 Å². The fraction of sp³-hybridized carbons (Fsp3) is 0.417. The Hall–Kier alpha value is -1.22. The van der Waals surface area contributed by atoms with E-state index in [-0.39, 0.29) is 0 Å². The van der Waals surface area contributed by atoms with E-state index in [9.17, 15) is 4.79 Å². The fourth-order valence-corrected chi connectivity index (χ4v) is 1.29. The van der Waals surface area contributed by atoms with Gasteiger partial charge in [-0.3, -0.25) is 0 Å². The van der Waals surface area contributed by atoms with E-state index >= 15 is 0 Å². The first-order chi connectivity index (χ1) is 7.54. The lowest BCUT2D eigenvalue weighted by atomic mass is 10.2. The van der Waals surface area contributed by atoms with Crippen LogP contribution >= 0.6 is 11.6 Å². The van der Waals surface area contributed by atoms with Crippen molar-refractivity contribution in [2.75, 3.05) is 13.7 Å². The van der Waals surface area contributed by atoms with E-state index in [2.05, 4.69) is 4.74 Å². The number of hydrogen-bond acceptors (Lipinski definition) is 3. The van der Waals surface area contributed by atoms with Crippen molar-refractivity contribution in [3.63, 3.8) is 0 Å². The van der Waals surface area contributed by atoms with Gasteiger partial charge in [0.05, 0.1) is 24.3 Å². The predicted octanol–water partition coefficient (Wildman–Crippen LogP) is 3.16. The molecule has 0 saturated carbocycles. The van der Waals surface area contributed by atoms with Crippen molar-refractivity contribution in [3.05, 3.63) is 28.8 Å². The molecule has 1 aromatic carbocycles. The van der Waals surface area contributed by atoms with Crippen LogP contribution in [0.3, 0.4) is 0 Å². The highest BCUT2D eigenvalue weighted by Crippen LogP contribution is 2.26. The highest BCUT2D eigenvalue weighted by molar-refractivity contribution is 6.32. The quantitative estimate of drug-likeness (QED) is 0.761. The van der Waals surface area contributed by atoms with Crippen LogP contribution in [-0.4, -0.2) is 19.7 Å². The number of ether oxygens (including phenoxy) is 2. The molecule has 0 heterocycles. The van der Waals surface area contributed by atoms with Gasteiger partial charge in [-0.2, -0.15) is 0 Å². The van der Waals surface area contributed by atoms with Gasteiger partial charge in [0, 0.05) is 0 Å². The largest absolute Gasteiger partial charge is 0.492 e. The van der Waals surface area contributed by atoms with E-state index in [0.717, 1.165) is 0 Å². The standard InChI is InChI=1S/C12H15ClO3/c1-8(2)7-16-11-6-9(12(14)15-3)4-5-10(11)13/h4-6,8H,7H2,1-3H3. The van der Waals surface area contributed by atoms with Crippen LogP contribution < -0.4 is 4.74 Å². The third kappa shape index (κ3) is 3.42. The molecule has 0 unspecified atom stereocenters. The fourth-order valence-electron chi connectivity index (χ4n) is 1.12. The van der Waals surface area contributed by atoms with Gasteiger partial charge in [0.1, 0.15) is 5.75 Å². The van der Waals surface area contributed by atoms with Crippen molar-refractivity contribution in [1.82, 2.24) is 0 Å². The predicted molar refractivity (Wildman–Crippen MR) is 63.1 cm³/mol. The van der Waals surface area contributed by atoms with E-state index in [1.54, 1.807) is 18.2 Å². The highest BCUT2D eigenvalue weighted by atomic mass is 35.5. The van der Waals surface area contributed by atoms with Gasteiger partial charge in [-0.15, -0.1) is 0 Å². The summed E-state index contributed by atoms with van der Waals surface area (Å²) in [6.45, 7) is 4.64. The minimum absolute atomic E-state index is 0.397. The Balaban J connectivity index is 2.86. The zero-order valence-electron chi connectivity index (χ0n) is 9.62. The molecule has 1 aromatic rings. The number of carbonyl (C=O) groups excluding carboxylic acids is 1. The molecule has 88 valence electrons. The highest BCUT2D eigenvalue weighted by Gasteiger charge is 2.10. The average molecular weight is 243 g/mol. The molecule has 0 radical (unpaired) electrons. The Morgan fingerprint density at radius 2 is 2.12 bits per heavy atom. The van der Waals surface area contributed by atoms with Crippen LogP contribution in [0.5, 0.6) is 5.75 Å². The van der Waals surface area contributed by atoms with E-state index in [1.165, 1.54) is 7.11 Å². The molecule has 1 rings (SSSR count). The maximum Gasteiger partial charge on any atom is 0.337 e. The molecule has 3 nitrogen and oxygen atoms in total. The molecule has 0 spiro atoms. The second kappa shape index (κ2) is 5.75. The zero-order chi connectivity index (χ0) is 12.1. The molecular formula is C12H15ClO3. The van der Waals surface area contributed by atoms with E-state index < -0.39 is 5.97 Å². The van der Waals surface area contributed by atoms with Gasteiger partial charge in [0.25, 0.3) is 0 Å². The summed E-state index contributed by atoms with van der Waals surface area (Å²) in [6, 6.07) is 4.83. The minimum atomic E-state index is -0.397. The summed E-state index contributed by atoms with van der Waals surface area (Å²) >= 11 is 5.95. The van der Waals surface area contributed by atoms with Crippen LogP contribution in [-0.2, 0) is 4.74 Å². The summed E-state index contributed by atoms with van der Waals surface area (Å²) in [5.74, 6) is 0.516. The van der Waals surface area contributed by atoms with Gasteiger partial charge in [-0.1, -0.05) is 25.4 Å². The molecule has 0 fully saturated rings. The molecule has 0 saturated heterocycles. The maximum atomic E-state index is 11.3. The van der Waals surface area contributed by atoms with Gasteiger partial charge in [-0.25, -0.2) is 4.79 Å². The van der Waals surface area contributed by atoms with Crippen molar-refractivity contribution >= 4 is 17.6 Å². The Kier molecular flexibility index (Phi) is 4.62. The molecular weight excluding hydrogens is 228 g/mol. The molecule has 0 aromatic heterocycles. The summed E-state index contributed by atoms with van der Waals surface area (Å²) in [6.07, 6.45) is 0. The molecule has 0 amide bonds. The van der Waals surface area contributed by atoms with Crippen molar-refractivity contribution in [2.45, 2.75) is 13.8 Å². The van der Waals surface area contributed by atoms with E-state index in [0.29, 0.717) is 28.9 Å². The van der Waals surface area contributed by atoms with Crippen molar-refractivity contribution < 1.29 is 14.3 Å². The normalized spacial score (nSPS) is 10.3. The van der Waals surface area contributed by atoms with Crippen LogP contribution in [0.25, 0.3) is 0 Å². The Labute approximate surface area is 100 Å². The first kappa shape index (κ1) is 12.8. The van der Waals surface area contributed by atoms with Crippen LogP contribution in [0.15, 0.2) is 18.2 Å². The SMILES string of the molecule is COC(=O)c1ccc(Cl)c(OCC(C)C)c1. The molecule has 0 aliphatic carbocycles. The van der Waals surface area contributed by atoms with Gasteiger partial charge in [-0.05, 0) is 24.1 Å². The van der Waals surface area contributed by atoms with Gasteiger partial charge in [0.15, 0.2) is 0 Å². The minimum Gasteiger partial charge on any atom is -0.492 e. The number of methoxy groups -OCH3 is 1. The first-order valence-corrected chi connectivity index (χ1v) is 5.43. The summed E-state index contributed by atoms with van der Waals surface area (Å²) in [7, 11) is 1.34. The summed E-state index contributed by atoms with van der Waals surface area (Å²) in [5, 5.41) is 0.494. The molecule has 0 aliphatic heterocycles. The van der Waals surface area contributed by atoms with Gasteiger partial charge < -0.3 is 9.47 Å². The summed E-state index contributed by atoms with van der Waals surface area (Å²) in [4.78, 5) is 11.3. The van der Waals surface area contributed by atoms with Crippen LogP contribution in [0, 0.1) is 5.92 Å². The molecule has 16 heavy (non-hydrogen) atoms. The lowest BCUT2D eigenvalue weighted by molar-refractivity contribution is 0.0600. The number of hydrogen-bond donors (Lipinski definition) is 0. The van der Waals surface area contributed by atoms with Crippen molar-refractivity contribution in [1.29, 1.82) is 0 Å². The zero-order valence-corrected chi connectivity index (χ0v) is 10.4. The molecule has 0 aliphatic rings.